The molecule has 0 saturated heterocycles. The van der Waals surface area contributed by atoms with Crippen LogP contribution in [0.3, 0.4) is 0 Å². The molecular weight excluding hydrogens is 362 g/mol. The number of para-hydroxylation sites is 1. The van der Waals surface area contributed by atoms with Gasteiger partial charge in [0.05, 0.1) is 13.7 Å². The lowest BCUT2D eigenvalue weighted by Crippen LogP contribution is -2.41. The molecular formula is C20H17N3O5. The van der Waals surface area contributed by atoms with Crippen LogP contribution in [-0.4, -0.2) is 22.2 Å². The third-order valence-electron chi connectivity index (χ3n) is 4.55. The first-order valence-corrected chi connectivity index (χ1v) is 8.55. The van der Waals surface area contributed by atoms with Crippen LogP contribution in [0.4, 0.5) is 0 Å². The second-order valence-corrected chi connectivity index (χ2v) is 6.35. The smallest absolute Gasteiger partial charge is 0.332 e. The minimum Gasteiger partial charge on any atom is -0.497 e. The number of amides is 1. The predicted octanol–water partition coefficient (Wildman–Crippen LogP) is 1.45. The van der Waals surface area contributed by atoms with Gasteiger partial charge in [-0.25, -0.2) is 4.79 Å². The molecule has 0 aliphatic rings. The fourth-order valence-corrected chi connectivity index (χ4v) is 3.25. The van der Waals surface area contributed by atoms with Crippen LogP contribution in [0, 0.1) is 0 Å². The van der Waals surface area contributed by atoms with Crippen molar-refractivity contribution in [3.8, 4) is 5.75 Å². The van der Waals surface area contributed by atoms with Crippen LogP contribution in [0.1, 0.15) is 5.56 Å². The fraction of sp³-hybridized carbons (Fsp3) is 0.150. The van der Waals surface area contributed by atoms with Crippen molar-refractivity contribution in [3.05, 3.63) is 74.9 Å². The van der Waals surface area contributed by atoms with Gasteiger partial charge in [0, 0.05) is 5.39 Å². The van der Waals surface area contributed by atoms with Crippen LogP contribution in [0.25, 0.3) is 22.1 Å². The number of hydrogen-bond donors (Lipinski definition) is 1. The van der Waals surface area contributed by atoms with Crippen LogP contribution in [-0.2, 0) is 17.9 Å². The van der Waals surface area contributed by atoms with Crippen molar-refractivity contribution in [1.29, 1.82) is 0 Å². The number of primary amides is 1. The van der Waals surface area contributed by atoms with Crippen LogP contribution in [0.2, 0.25) is 0 Å². The quantitative estimate of drug-likeness (QED) is 0.564. The summed E-state index contributed by atoms with van der Waals surface area (Å²) in [4.78, 5) is 37.6. The molecule has 0 unspecified atom stereocenters. The van der Waals surface area contributed by atoms with E-state index in [4.69, 9.17) is 14.9 Å². The van der Waals surface area contributed by atoms with Gasteiger partial charge < -0.3 is 14.9 Å². The van der Waals surface area contributed by atoms with Crippen molar-refractivity contribution in [2.45, 2.75) is 13.1 Å². The molecule has 2 aromatic carbocycles. The Bertz CT molecular complexity index is 1310. The van der Waals surface area contributed by atoms with Crippen molar-refractivity contribution in [2.75, 3.05) is 7.11 Å². The monoisotopic (exact) mass is 379 g/mol. The molecule has 1 amide bonds. The van der Waals surface area contributed by atoms with Gasteiger partial charge in [0.2, 0.25) is 11.5 Å². The number of aromatic nitrogens is 2. The number of ether oxygens (including phenoxy) is 1. The molecule has 28 heavy (non-hydrogen) atoms. The summed E-state index contributed by atoms with van der Waals surface area (Å²) in [6, 6.07) is 13.9. The number of nitrogens with two attached hydrogens (primary N) is 1. The molecule has 8 heteroatoms. The van der Waals surface area contributed by atoms with Gasteiger partial charge in [-0.15, -0.1) is 0 Å². The molecule has 0 aliphatic carbocycles. The second-order valence-electron chi connectivity index (χ2n) is 6.35. The molecule has 0 radical (unpaired) electrons. The summed E-state index contributed by atoms with van der Waals surface area (Å²) in [6.45, 7) is -0.338. The zero-order chi connectivity index (χ0) is 19.8. The molecule has 2 heterocycles. The van der Waals surface area contributed by atoms with Gasteiger partial charge in [-0.05, 0) is 29.8 Å². The Balaban J connectivity index is 1.98. The third kappa shape index (κ3) is 2.84. The first-order valence-electron chi connectivity index (χ1n) is 8.55. The van der Waals surface area contributed by atoms with Gasteiger partial charge in [0.25, 0.3) is 5.56 Å². The molecule has 0 spiro atoms. The van der Waals surface area contributed by atoms with Crippen LogP contribution in [0.5, 0.6) is 5.75 Å². The maximum atomic E-state index is 13.1. The zero-order valence-corrected chi connectivity index (χ0v) is 15.0. The summed E-state index contributed by atoms with van der Waals surface area (Å²) in [5.74, 6) is -0.0294. The largest absolute Gasteiger partial charge is 0.497 e. The first-order chi connectivity index (χ1) is 13.5. The lowest BCUT2D eigenvalue weighted by atomic mass is 10.2. The Kier molecular flexibility index (Phi) is 4.23. The third-order valence-corrected chi connectivity index (χ3v) is 4.55. The van der Waals surface area contributed by atoms with E-state index in [0.717, 1.165) is 10.1 Å². The lowest BCUT2D eigenvalue weighted by molar-refractivity contribution is -0.118. The number of methoxy groups -OCH3 is 1. The van der Waals surface area contributed by atoms with Gasteiger partial charge in [-0.3, -0.25) is 18.7 Å². The standard InChI is InChI=1S/C20H17N3O5/c1-27-13-8-6-12(7-9-13)10-23-19(25)18-17(22(20(23)26)11-16(21)24)14-4-2-3-5-15(14)28-18/h2-9H,10-11H2,1H3,(H2,21,24). The van der Waals surface area contributed by atoms with E-state index < -0.39 is 17.2 Å². The molecule has 2 N–H and O–H groups in total. The topological polar surface area (TPSA) is 109 Å². The number of hydrogen-bond acceptors (Lipinski definition) is 5. The van der Waals surface area contributed by atoms with E-state index in [1.165, 1.54) is 4.57 Å². The molecule has 0 saturated carbocycles. The van der Waals surface area contributed by atoms with Gasteiger partial charge in [0.1, 0.15) is 23.4 Å². The van der Waals surface area contributed by atoms with Gasteiger partial charge in [0.15, 0.2) is 0 Å². The second kappa shape index (κ2) is 6.73. The van der Waals surface area contributed by atoms with E-state index in [2.05, 4.69) is 0 Å². The maximum absolute atomic E-state index is 13.1. The average Bonchev–Trinajstić information content (AvgIpc) is 3.08. The first kappa shape index (κ1) is 17.6. The van der Waals surface area contributed by atoms with Crippen molar-refractivity contribution < 1.29 is 13.9 Å². The molecule has 2 aromatic heterocycles. The van der Waals surface area contributed by atoms with E-state index in [1.807, 2.05) is 0 Å². The Labute approximate surface area is 158 Å². The maximum Gasteiger partial charge on any atom is 0.332 e. The van der Waals surface area contributed by atoms with Crippen molar-refractivity contribution in [3.63, 3.8) is 0 Å². The fourth-order valence-electron chi connectivity index (χ4n) is 3.25. The molecule has 0 atom stereocenters. The minimum absolute atomic E-state index is 0.00978. The van der Waals surface area contributed by atoms with E-state index in [-0.39, 0.29) is 24.2 Å². The minimum atomic E-state index is -0.691. The van der Waals surface area contributed by atoms with E-state index in [9.17, 15) is 14.4 Å². The number of furan rings is 1. The SMILES string of the molecule is COc1ccc(Cn2c(=O)c3oc4ccccc4c3n(CC(N)=O)c2=O)cc1. The Morgan fingerprint density at radius 1 is 1.07 bits per heavy atom. The summed E-state index contributed by atoms with van der Waals surface area (Å²) in [5.41, 5.74) is 5.61. The van der Waals surface area contributed by atoms with Gasteiger partial charge in [-0.2, -0.15) is 0 Å². The molecule has 0 aliphatic heterocycles. The molecule has 4 rings (SSSR count). The van der Waals surface area contributed by atoms with Crippen molar-refractivity contribution in [1.82, 2.24) is 9.13 Å². The van der Waals surface area contributed by atoms with E-state index in [0.29, 0.717) is 16.7 Å². The normalized spacial score (nSPS) is 11.2. The van der Waals surface area contributed by atoms with Crippen molar-refractivity contribution in [2.24, 2.45) is 5.73 Å². The predicted molar refractivity (Wildman–Crippen MR) is 104 cm³/mol. The number of carbonyl (C=O) groups excluding carboxylic acids is 1. The summed E-state index contributed by atoms with van der Waals surface area (Å²) in [6.07, 6.45) is 0. The number of rotatable bonds is 5. The van der Waals surface area contributed by atoms with Gasteiger partial charge in [-0.1, -0.05) is 24.3 Å². The van der Waals surface area contributed by atoms with Crippen LogP contribution < -0.4 is 21.7 Å². The average molecular weight is 379 g/mol. The molecule has 8 nitrogen and oxygen atoms in total. The summed E-state index contributed by atoms with van der Waals surface area (Å²) >= 11 is 0. The highest BCUT2D eigenvalue weighted by Gasteiger charge is 2.20. The number of fused-ring (bicyclic) bond motifs is 3. The highest BCUT2D eigenvalue weighted by molar-refractivity contribution is 6.02. The van der Waals surface area contributed by atoms with E-state index in [1.54, 1.807) is 55.6 Å². The molecule has 142 valence electrons. The van der Waals surface area contributed by atoms with Gasteiger partial charge >= 0.3 is 5.69 Å². The Hall–Kier alpha value is -3.81. The zero-order valence-electron chi connectivity index (χ0n) is 15.0. The molecule has 0 fully saturated rings. The summed E-state index contributed by atoms with van der Waals surface area (Å²) in [5, 5.41) is 0.574. The number of benzene rings is 2. The summed E-state index contributed by atoms with van der Waals surface area (Å²) < 4.78 is 13.1. The lowest BCUT2D eigenvalue weighted by Gasteiger charge is -2.11. The van der Waals surface area contributed by atoms with E-state index >= 15 is 0 Å². The summed E-state index contributed by atoms with van der Waals surface area (Å²) in [7, 11) is 1.55. The molecule has 4 aromatic rings. The van der Waals surface area contributed by atoms with Crippen LogP contribution >= 0.6 is 0 Å². The van der Waals surface area contributed by atoms with Crippen molar-refractivity contribution >= 4 is 28.0 Å². The Morgan fingerprint density at radius 3 is 2.46 bits per heavy atom. The molecule has 0 bridgehead atoms. The number of carbonyl (C=O) groups is 1. The van der Waals surface area contributed by atoms with Crippen LogP contribution in [0.15, 0.2) is 62.5 Å². The Morgan fingerprint density at radius 2 is 1.79 bits per heavy atom. The highest BCUT2D eigenvalue weighted by Crippen LogP contribution is 2.25. The highest BCUT2D eigenvalue weighted by atomic mass is 16.5. The number of nitrogens with zero attached hydrogens (tertiary/aromatic N) is 2.